The Kier molecular flexibility index (Phi) is 5.81. The Hall–Kier alpha value is -2.43. The molecule has 1 heterocycles. The second-order valence-electron chi connectivity index (χ2n) is 9.52. The summed E-state index contributed by atoms with van der Waals surface area (Å²) in [6.45, 7) is 2.76. The number of hydrogen-bond acceptors (Lipinski definition) is 3. The van der Waals surface area contributed by atoms with Crippen molar-refractivity contribution < 1.29 is 18.7 Å². The van der Waals surface area contributed by atoms with E-state index in [4.69, 9.17) is 11.6 Å². The molecule has 2 unspecified atom stereocenters. The number of amides is 1. The quantitative estimate of drug-likeness (QED) is 0.642. The molecule has 0 radical (unpaired) electrons. The van der Waals surface area contributed by atoms with Gasteiger partial charge in [-0.05, 0) is 69.6 Å². The van der Waals surface area contributed by atoms with E-state index in [1.165, 1.54) is 32.0 Å². The van der Waals surface area contributed by atoms with Crippen molar-refractivity contribution in [1.29, 1.82) is 0 Å². The smallest absolute Gasteiger partial charge is 0.274 e. The number of carbonyl (C=O) groups is 1. The number of anilines is 1. The van der Waals surface area contributed by atoms with E-state index in [2.05, 4.69) is 22.1 Å². The summed E-state index contributed by atoms with van der Waals surface area (Å²) >= 11 is 5.82. The van der Waals surface area contributed by atoms with Crippen molar-refractivity contribution in [2.45, 2.75) is 56.7 Å². The van der Waals surface area contributed by atoms with Gasteiger partial charge in [0.15, 0.2) is 5.67 Å². The maximum absolute atomic E-state index is 13.7. The topological polar surface area (TPSA) is 67.1 Å². The van der Waals surface area contributed by atoms with Crippen LogP contribution in [0.5, 0.6) is 0 Å². The Labute approximate surface area is 191 Å². The van der Waals surface area contributed by atoms with Crippen LogP contribution in [-0.2, 0) is 7.05 Å². The van der Waals surface area contributed by atoms with Crippen molar-refractivity contribution >= 4 is 23.2 Å². The van der Waals surface area contributed by atoms with Crippen LogP contribution in [0.3, 0.4) is 0 Å². The van der Waals surface area contributed by atoms with Gasteiger partial charge in [-0.3, -0.25) is 4.79 Å². The highest BCUT2D eigenvalue weighted by Gasteiger charge is 2.49. The number of aromatic nitrogens is 2. The number of fused-ring (bicyclic) bond motifs is 1. The molecule has 4 rings (SSSR count). The van der Waals surface area contributed by atoms with Crippen molar-refractivity contribution in [2.24, 2.45) is 18.9 Å². The molecule has 5 nitrogen and oxygen atoms in total. The van der Waals surface area contributed by atoms with Gasteiger partial charge in [-0.2, -0.15) is 0 Å². The van der Waals surface area contributed by atoms with E-state index >= 15 is 0 Å². The number of imidazole rings is 1. The molecule has 1 aromatic heterocycles. The molecule has 2 N–H and O–H groups in total. The van der Waals surface area contributed by atoms with E-state index in [1.807, 2.05) is 0 Å². The average Bonchev–Trinajstić information content (AvgIpc) is 3.33. The van der Waals surface area contributed by atoms with Gasteiger partial charge in [0.05, 0.1) is 17.0 Å². The van der Waals surface area contributed by atoms with Crippen LogP contribution in [0.1, 0.15) is 61.6 Å². The standard InChI is InChI=1S/C24H26ClF2N3O2/c1-23(2,27)6-7-24(32)11-15-8-14(9-16(15)12-24)20-21(30(3)13-28-20)22(31)29-17-4-5-19(26)18(25)10-17/h4-5,10,13-16,32H,8-9,11-12H2,1-3H3,(H,29,31). The summed E-state index contributed by atoms with van der Waals surface area (Å²) in [4.78, 5) is 17.5. The number of nitrogens with one attached hydrogen (secondary N) is 1. The zero-order valence-corrected chi connectivity index (χ0v) is 19.0. The fourth-order valence-electron chi connectivity index (χ4n) is 5.04. The van der Waals surface area contributed by atoms with Crippen LogP contribution in [0, 0.1) is 29.5 Å². The Bertz CT molecular complexity index is 1100. The summed E-state index contributed by atoms with van der Waals surface area (Å²) in [5.74, 6) is 4.97. The zero-order valence-electron chi connectivity index (χ0n) is 18.3. The SMILES string of the molecule is Cn1cnc(C2CC3CC(O)(C#CC(C)(C)F)CC3C2)c1C(=O)Nc1ccc(F)c(Cl)c1. The van der Waals surface area contributed by atoms with Gasteiger partial charge in [0, 0.05) is 18.7 Å². The maximum Gasteiger partial charge on any atom is 0.274 e. The molecule has 0 aliphatic heterocycles. The highest BCUT2D eigenvalue weighted by atomic mass is 35.5. The molecule has 8 heteroatoms. The van der Waals surface area contributed by atoms with Crippen LogP contribution in [0.2, 0.25) is 5.02 Å². The summed E-state index contributed by atoms with van der Waals surface area (Å²) in [7, 11) is 1.76. The minimum absolute atomic E-state index is 0.0663. The normalized spacial score (nSPS) is 27.0. The Morgan fingerprint density at radius 3 is 2.59 bits per heavy atom. The van der Waals surface area contributed by atoms with Crippen LogP contribution in [-0.4, -0.2) is 31.8 Å². The van der Waals surface area contributed by atoms with Crippen LogP contribution in [0.15, 0.2) is 24.5 Å². The molecular weight excluding hydrogens is 436 g/mol. The van der Waals surface area contributed by atoms with Crippen LogP contribution in [0.25, 0.3) is 0 Å². The molecular formula is C24H26ClF2N3O2. The Morgan fingerprint density at radius 2 is 2.00 bits per heavy atom. The Balaban J connectivity index is 1.48. The lowest BCUT2D eigenvalue weighted by Crippen LogP contribution is -2.25. The molecule has 0 saturated heterocycles. The summed E-state index contributed by atoms with van der Waals surface area (Å²) in [5.41, 5.74) is -1.23. The van der Waals surface area contributed by atoms with Crippen molar-refractivity contribution in [3.63, 3.8) is 0 Å². The third-order valence-electron chi connectivity index (χ3n) is 6.38. The molecule has 32 heavy (non-hydrogen) atoms. The molecule has 2 aliphatic carbocycles. The summed E-state index contributed by atoms with van der Waals surface area (Å²) in [6.07, 6.45) is 4.18. The molecule has 2 fully saturated rings. The molecule has 2 aromatic rings. The molecule has 170 valence electrons. The molecule has 2 atom stereocenters. The van der Waals surface area contributed by atoms with Crippen molar-refractivity contribution in [1.82, 2.24) is 9.55 Å². The number of halogens is 3. The summed E-state index contributed by atoms with van der Waals surface area (Å²) in [6, 6.07) is 4.02. The van der Waals surface area contributed by atoms with Gasteiger partial charge >= 0.3 is 0 Å². The largest absolute Gasteiger partial charge is 0.378 e. The second kappa shape index (κ2) is 8.17. The molecule has 0 spiro atoms. The van der Waals surface area contributed by atoms with E-state index in [0.717, 1.165) is 12.8 Å². The molecule has 0 bridgehead atoms. The van der Waals surface area contributed by atoms with Gasteiger partial charge in [-0.25, -0.2) is 13.8 Å². The van der Waals surface area contributed by atoms with Crippen molar-refractivity contribution in [2.75, 3.05) is 5.32 Å². The van der Waals surface area contributed by atoms with E-state index in [-0.39, 0.29) is 28.7 Å². The number of nitrogens with zero attached hydrogens (tertiary/aromatic N) is 2. The lowest BCUT2D eigenvalue weighted by Gasteiger charge is -2.19. The van der Waals surface area contributed by atoms with Crippen LogP contribution >= 0.6 is 11.6 Å². The van der Waals surface area contributed by atoms with Crippen molar-refractivity contribution in [3.8, 4) is 11.8 Å². The van der Waals surface area contributed by atoms with E-state index in [0.29, 0.717) is 29.9 Å². The Morgan fingerprint density at radius 1 is 1.34 bits per heavy atom. The van der Waals surface area contributed by atoms with Gasteiger partial charge < -0.3 is 15.0 Å². The summed E-state index contributed by atoms with van der Waals surface area (Å²) in [5, 5.41) is 13.5. The number of aryl methyl sites for hydroxylation is 1. The van der Waals surface area contributed by atoms with E-state index in [1.54, 1.807) is 17.9 Å². The third-order valence-corrected chi connectivity index (χ3v) is 6.67. The monoisotopic (exact) mass is 461 g/mol. The van der Waals surface area contributed by atoms with Crippen LogP contribution in [0.4, 0.5) is 14.5 Å². The maximum atomic E-state index is 13.7. The fraction of sp³-hybridized carbons (Fsp3) is 0.500. The first kappa shape index (κ1) is 22.8. The lowest BCUT2D eigenvalue weighted by atomic mass is 9.92. The molecule has 1 aromatic carbocycles. The predicted molar refractivity (Wildman–Crippen MR) is 119 cm³/mol. The first-order chi connectivity index (χ1) is 14.9. The number of alkyl halides is 1. The minimum atomic E-state index is -1.64. The second-order valence-corrected chi connectivity index (χ2v) is 9.93. The zero-order chi connectivity index (χ0) is 23.3. The highest BCUT2D eigenvalue weighted by Crippen LogP contribution is 2.53. The van der Waals surface area contributed by atoms with Gasteiger partial charge in [-0.15, -0.1) is 0 Å². The summed E-state index contributed by atoms with van der Waals surface area (Å²) < 4.78 is 28.8. The highest BCUT2D eigenvalue weighted by molar-refractivity contribution is 6.31. The van der Waals surface area contributed by atoms with E-state index in [9.17, 15) is 18.7 Å². The first-order valence-corrected chi connectivity index (χ1v) is 11.1. The van der Waals surface area contributed by atoms with Gasteiger partial charge in [0.25, 0.3) is 5.91 Å². The van der Waals surface area contributed by atoms with Crippen molar-refractivity contribution in [3.05, 3.63) is 46.8 Å². The first-order valence-electron chi connectivity index (χ1n) is 10.7. The fourth-order valence-corrected chi connectivity index (χ4v) is 5.22. The number of hydrogen-bond donors (Lipinski definition) is 2. The molecule has 2 saturated carbocycles. The minimum Gasteiger partial charge on any atom is -0.378 e. The van der Waals surface area contributed by atoms with E-state index < -0.39 is 17.1 Å². The van der Waals surface area contributed by atoms with Crippen LogP contribution < -0.4 is 5.32 Å². The van der Waals surface area contributed by atoms with Gasteiger partial charge in [-0.1, -0.05) is 23.4 Å². The molecule has 1 amide bonds. The third kappa shape index (κ3) is 4.67. The van der Waals surface area contributed by atoms with Gasteiger partial charge in [0.1, 0.15) is 17.1 Å². The number of rotatable bonds is 3. The van der Waals surface area contributed by atoms with Gasteiger partial charge in [0.2, 0.25) is 0 Å². The lowest BCUT2D eigenvalue weighted by molar-refractivity contribution is 0.0973. The average molecular weight is 462 g/mol. The number of benzene rings is 1. The predicted octanol–water partition coefficient (Wildman–Crippen LogP) is 4.85. The number of carbonyl (C=O) groups excluding carboxylic acids is 1. The number of aliphatic hydroxyl groups is 1. The molecule has 2 aliphatic rings.